The zero-order valence-corrected chi connectivity index (χ0v) is 14.9. The molecule has 0 unspecified atom stereocenters. The molecule has 0 radical (unpaired) electrons. The van der Waals surface area contributed by atoms with Gasteiger partial charge in [-0.25, -0.2) is 0 Å². The molecule has 0 saturated carbocycles. The predicted molar refractivity (Wildman–Crippen MR) is 80.8 cm³/mol. The minimum absolute atomic E-state index is 0.0939. The quantitative estimate of drug-likeness (QED) is 0.383. The number of ether oxygens (including phenoxy) is 2. The van der Waals surface area contributed by atoms with Crippen molar-refractivity contribution in [2.75, 3.05) is 26.4 Å². The van der Waals surface area contributed by atoms with Crippen LogP contribution in [-0.2, 0) is 19.1 Å². The van der Waals surface area contributed by atoms with E-state index in [9.17, 15) is 9.59 Å². The number of alkyl halides is 2. The number of hydrogen-bond acceptors (Lipinski definition) is 4. The molecule has 1 amide bonds. The number of rotatable bonds is 8. The van der Waals surface area contributed by atoms with Crippen LogP contribution in [0.15, 0.2) is 0 Å². The first-order chi connectivity index (χ1) is 8.55. The van der Waals surface area contributed by atoms with Crippen LogP contribution in [0.3, 0.4) is 0 Å². The van der Waals surface area contributed by atoms with Gasteiger partial charge in [-0.15, -0.1) is 0 Å². The highest BCUT2D eigenvalue weighted by Crippen LogP contribution is 2.17. The second kappa shape index (κ2) is 8.21. The van der Waals surface area contributed by atoms with Gasteiger partial charge in [0, 0.05) is 6.54 Å². The topological polar surface area (TPSA) is 64.6 Å². The minimum Gasteiger partial charge on any atom is -0.462 e. The lowest BCUT2D eigenvalue weighted by Gasteiger charge is -2.16. The Kier molecular flexibility index (Phi) is 8.15. The van der Waals surface area contributed by atoms with E-state index in [0.29, 0.717) is 19.8 Å². The van der Waals surface area contributed by atoms with Crippen molar-refractivity contribution in [3.63, 3.8) is 0 Å². The number of hydrogen-bond donors (Lipinski definition) is 1. The number of carbonyl (C=O) groups excluding carboxylic acids is 2. The second-order valence-corrected chi connectivity index (χ2v) is 8.91. The maximum Gasteiger partial charge on any atom is 0.322 e. The van der Waals surface area contributed by atoms with E-state index in [1.165, 1.54) is 0 Å². The highest BCUT2D eigenvalue weighted by Gasteiger charge is 2.25. The second-order valence-electron chi connectivity index (χ2n) is 4.95. The van der Waals surface area contributed by atoms with Gasteiger partial charge in [0.15, 0.2) is 0 Å². The van der Waals surface area contributed by atoms with Crippen LogP contribution < -0.4 is 5.32 Å². The summed E-state index contributed by atoms with van der Waals surface area (Å²) in [6.45, 7) is 8.28. The lowest BCUT2D eigenvalue weighted by Crippen LogP contribution is -2.39. The molecule has 0 aromatic rings. The lowest BCUT2D eigenvalue weighted by molar-refractivity contribution is -0.146. The summed E-state index contributed by atoms with van der Waals surface area (Å²) < 4.78 is 8.96. The van der Waals surface area contributed by atoms with Crippen molar-refractivity contribution in [2.45, 2.75) is 36.3 Å². The molecule has 0 heterocycles. The van der Waals surface area contributed by atoms with E-state index in [4.69, 9.17) is 9.47 Å². The fourth-order valence-corrected chi connectivity index (χ4v) is 1.17. The molecule has 19 heavy (non-hydrogen) atoms. The molecule has 1 N–H and O–H groups in total. The van der Waals surface area contributed by atoms with Crippen molar-refractivity contribution < 1.29 is 19.1 Å². The first-order valence-electron chi connectivity index (χ1n) is 5.96. The molecule has 5 nitrogen and oxygen atoms in total. The maximum atomic E-state index is 11.5. The Morgan fingerprint density at radius 2 is 1.58 bits per heavy atom. The van der Waals surface area contributed by atoms with Crippen LogP contribution in [0.2, 0.25) is 0 Å². The van der Waals surface area contributed by atoms with Crippen molar-refractivity contribution >= 4 is 43.7 Å². The minimum atomic E-state index is -0.678. The van der Waals surface area contributed by atoms with Gasteiger partial charge in [-0.1, -0.05) is 31.9 Å². The molecule has 0 saturated heterocycles. The predicted octanol–water partition coefficient (Wildman–Crippen LogP) is 2.01. The molecule has 0 spiro atoms. The summed E-state index contributed by atoms with van der Waals surface area (Å²) in [5.74, 6) is -0.422. The van der Waals surface area contributed by atoms with Crippen molar-refractivity contribution in [1.82, 2.24) is 5.32 Å². The Labute approximate surface area is 131 Å². The molecule has 0 aliphatic carbocycles. The van der Waals surface area contributed by atoms with Crippen LogP contribution in [-0.4, -0.2) is 46.9 Å². The van der Waals surface area contributed by atoms with Crippen LogP contribution in [0.25, 0.3) is 0 Å². The Hall–Kier alpha value is -0.140. The molecular formula is C12H21Br2NO4. The summed E-state index contributed by atoms with van der Waals surface area (Å²) in [6, 6.07) is 0. The van der Waals surface area contributed by atoms with Gasteiger partial charge < -0.3 is 14.8 Å². The van der Waals surface area contributed by atoms with Crippen LogP contribution in [0.4, 0.5) is 0 Å². The van der Waals surface area contributed by atoms with E-state index in [0.717, 1.165) is 0 Å². The van der Waals surface area contributed by atoms with Crippen molar-refractivity contribution in [3.8, 4) is 0 Å². The first kappa shape index (κ1) is 18.9. The summed E-state index contributed by atoms with van der Waals surface area (Å²) in [7, 11) is 0. The maximum absolute atomic E-state index is 11.5. The van der Waals surface area contributed by atoms with Gasteiger partial charge >= 0.3 is 5.97 Å². The number of halogens is 2. The van der Waals surface area contributed by atoms with E-state index in [-0.39, 0.29) is 18.5 Å². The van der Waals surface area contributed by atoms with Crippen LogP contribution in [0.5, 0.6) is 0 Å². The SMILES string of the molecule is CC(C)(Br)C(=O)NCCOCCOC(=O)C(C)(C)Br. The molecule has 0 aliphatic rings. The molecule has 0 atom stereocenters. The normalized spacial score (nSPS) is 12.1. The molecular weight excluding hydrogens is 382 g/mol. The zero-order valence-electron chi connectivity index (χ0n) is 11.7. The Morgan fingerprint density at radius 1 is 1.00 bits per heavy atom. The average molecular weight is 403 g/mol. The smallest absolute Gasteiger partial charge is 0.322 e. The summed E-state index contributed by atoms with van der Waals surface area (Å²) in [6.07, 6.45) is 0. The Bertz CT molecular complexity index is 278. The number of nitrogens with one attached hydrogen (secondary N) is 1. The standard InChI is InChI=1S/C12H21Br2NO4/c1-11(2,13)9(16)15-5-6-18-7-8-19-10(17)12(3,4)14/h5-8H2,1-4H3,(H,15,16). The van der Waals surface area contributed by atoms with Gasteiger partial charge in [-0.05, 0) is 27.7 Å². The number of amides is 1. The first-order valence-corrected chi connectivity index (χ1v) is 7.55. The number of carbonyl (C=O) groups is 2. The van der Waals surface area contributed by atoms with Gasteiger partial charge in [0.2, 0.25) is 5.91 Å². The van der Waals surface area contributed by atoms with Crippen molar-refractivity contribution in [3.05, 3.63) is 0 Å². The molecule has 0 aliphatic heterocycles. The van der Waals surface area contributed by atoms with Crippen LogP contribution >= 0.6 is 31.9 Å². The third-order valence-corrected chi connectivity index (χ3v) is 2.70. The van der Waals surface area contributed by atoms with Gasteiger partial charge in [0.25, 0.3) is 0 Å². The molecule has 0 aromatic heterocycles. The van der Waals surface area contributed by atoms with Gasteiger partial charge in [-0.2, -0.15) is 0 Å². The summed E-state index contributed by atoms with van der Waals surface area (Å²) in [4.78, 5) is 22.8. The largest absolute Gasteiger partial charge is 0.462 e. The van der Waals surface area contributed by atoms with Gasteiger partial charge in [0.05, 0.1) is 17.5 Å². The van der Waals surface area contributed by atoms with E-state index in [1.807, 2.05) is 0 Å². The van der Waals surface area contributed by atoms with Gasteiger partial charge in [0.1, 0.15) is 10.9 Å². The highest BCUT2D eigenvalue weighted by molar-refractivity contribution is 9.10. The van der Waals surface area contributed by atoms with Crippen LogP contribution in [0, 0.1) is 0 Å². The molecule has 0 bridgehead atoms. The highest BCUT2D eigenvalue weighted by atomic mass is 79.9. The summed E-state index contributed by atoms with van der Waals surface area (Å²) in [5, 5.41) is 2.72. The molecule has 7 heteroatoms. The monoisotopic (exact) mass is 401 g/mol. The fourth-order valence-electron chi connectivity index (χ4n) is 0.914. The van der Waals surface area contributed by atoms with Crippen molar-refractivity contribution in [1.29, 1.82) is 0 Å². The molecule has 0 aromatic carbocycles. The van der Waals surface area contributed by atoms with E-state index in [1.54, 1.807) is 27.7 Å². The van der Waals surface area contributed by atoms with E-state index in [2.05, 4.69) is 37.2 Å². The summed E-state index contributed by atoms with van der Waals surface area (Å²) in [5.41, 5.74) is 0. The van der Waals surface area contributed by atoms with Crippen LogP contribution in [0.1, 0.15) is 27.7 Å². The third-order valence-electron chi connectivity index (χ3n) is 2.02. The average Bonchev–Trinajstić information content (AvgIpc) is 2.24. The molecule has 0 rings (SSSR count). The van der Waals surface area contributed by atoms with Gasteiger partial charge in [-0.3, -0.25) is 9.59 Å². The Balaban J connectivity index is 3.53. The number of esters is 1. The molecule has 112 valence electrons. The lowest BCUT2D eigenvalue weighted by atomic mass is 10.2. The van der Waals surface area contributed by atoms with E-state index < -0.39 is 8.65 Å². The zero-order chi connectivity index (χ0) is 15.1. The van der Waals surface area contributed by atoms with E-state index >= 15 is 0 Å². The Morgan fingerprint density at radius 3 is 2.05 bits per heavy atom. The van der Waals surface area contributed by atoms with Crippen molar-refractivity contribution in [2.24, 2.45) is 0 Å². The molecule has 0 fully saturated rings. The third kappa shape index (κ3) is 9.40. The fraction of sp³-hybridized carbons (Fsp3) is 0.833. The summed E-state index contributed by atoms with van der Waals surface area (Å²) >= 11 is 6.46.